The summed E-state index contributed by atoms with van der Waals surface area (Å²) in [6.07, 6.45) is 0.796. The maximum Gasteiger partial charge on any atom is 0.417 e. The lowest BCUT2D eigenvalue weighted by Gasteiger charge is -2.21. The summed E-state index contributed by atoms with van der Waals surface area (Å²) < 4.78 is 38.1. The topological polar surface area (TPSA) is 35.8 Å². The van der Waals surface area contributed by atoms with Gasteiger partial charge in [-0.3, -0.25) is 0 Å². The zero-order valence-corrected chi connectivity index (χ0v) is 11.8. The standard InChI is InChI=1S/C14H15F3N2S/c1-20-13-4-2-3-12(13)19-10-5-6-11(14(15,16)17)9(7-10)8-18/h5-7,12-13,19H,2-4H2,1H3. The molecule has 1 aromatic rings. The summed E-state index contributed by atoms with van der Waals surface area (Å²) in [6.45, 7) is 0. The van der Waals surface area contributed by atoms with Gasteiger partial charge in [0.05, 0.1) is 17.2 Å². The molecule has 0 saturated heterocycles. The maximum atomic E-state index is 12.7. The van der Waals surface area contributed by atoms with Gasteiger partial charge in [-0.1, -0.05) is 6.42 Å². The molecule has 1 fully saturated rings. The number of nitriles is 1. The van der Waals surface area contributed by atoms with Crippen molar-refractivity contribution >= 4 is 17.4 Å². The molecule has 1 saturated carbocycles. The minimum absolute atomic E-state index is 0.258. The molecule has 2 atom stereocenters. The molecule has 2 nitrogen and oxygen atoms in total. The molecule has 20 heavy (non-hydrogen) atoms. The van der Waals surface area contributed by atoms with Crippen LogP contribution in [0.25, 0.3) is 0 Å². The molecule has 1 aliphatic carbocycles. The maximum absolute atomic E-state index is 12.7. The predicted molar refractivity (Wildman–Crippen MR) is 74.7 cm³/mol. The van der Waals surface area contributed by atoms with Crippen molar-refractivity contribution < 1.29 is 13.2 Å². The van der Waals surface area contributed by atoms with Crippen LogP contribution in [0.1, 0.15) is 30.4 Å². The van der Waals surface area contributed by atoms with E-state index in [-0.39, 0.29) is 11.6 Å². The molecule has 6 heteroatoms. The number of benzene rings is 1. The summed E-state index contributed by atoms with van der Waals surface area (Å²) in [7, 11) is 0. The molecule has 0 aromatic heterocycles. The number of nitrogens with zero attached hydrogens (tertiary/aromatic N) is 1. The van der Waals surface area contributed by atoms with Crippen LogP contribution in [0.5, 0.6) is 0 Å². The summed E-state index contributed by atoms with van der Waals surface area (Å²) in [5, 5.41) is 12.6. The largest absolute Gasteiger partial charge is 0.417 e. The lowest BCUT2D eigenvalue weighted by molar-refractivity contribution is -0.137. The number of hydrogen-bond acceptors (Lipinski definition) is 3. The van der Waals surface area contributed by atoms with Crippen LogP contribution in [-0.2, 0) is 6.18 Å². The first kappa shape index (κ1) is 15.0. The third-order valence-electron chi connectivity index (χ3n) is 3.55. The highest BCUT2D eigenvalue weighted by Crippen LogP contribution is 2.35. The van der Waals surface area contributed by atoms with E-state index in [0.29, 0.717) is 10.9 Å². The fourth-order valence-corrected chi connectivity index (χ4v) is 3.50. The SMILES string of the molecule is CSC1CCCC1Nc1ccc(C(F)(F)F)c(C#N)c1. The molecule has 2 rings (SSSR count). The first-order chi connectivity index (χ1) is 9.45. The first-order valence-corrected chi connectivity index (χ1v) is 7.65. The Bertz CT molecular complexity index is 522. The number of thioether (sulfide) groups is 1. The van der Waals surface area contributed by atoms with Crippen LogP contribution in [0.4, 0.5) is 18.9 Å². The highest BCUT2D eigenvalue weighted by Gasteiger charge is 2.34. The highest BCUT2D eigenvalue weighted by molar-refractivity contribution is 7.99. The summed E-state index contributed by atoms with van der Waals surface area (Å²) in [6, 6.07) is 5.55. The van der Waals surface area contributed by atoms with Crippen LogP contribution < -0.4 is 5.32 Å². The van der Waals surface area contributed by atoms with Crippen molar-refractivity contribution in [1.82, 2.24) is 0 Å². The van der Waals surface area contributed by atoms with Gasteiger partial charge in [0.2, 0.25) is 0 Å². The second-order valence-electron chi connectivity index (χ2n) is 4.83. The predicted octanol–water partition coefficient (Wildman–Crippen LogP) is 4.27. The molecule has 108 valence electrons. The van der Waals surface area contributed by atoms with E-state index in [1.54, 1.807) is 17.8 Å². The van der Waals surface area contributed by atoms with Gasteiger partial charge in [-0.05, 0) is 37.3 Å². The number of hydrogen-bond donors (Lipinski definition) is 1. The molecule has 0 aliphatic heterocycles. The van der Waals surface area contributed by atoms with Crippen molar-refractivity contribution in [3.8, 4) is 6.07 Å². The van der Waals surface area contributed by atoms with Crippen molar-refractivity contribution in [3.05, 3.63) is 29.3 Å². The van der Waals surface area contributed by atoms with Gasteiger partial charge in [-0.25, -0.2) is 0 Å². The van der Waals surface area contributed by atoms with E-state index < -0.39 is 11.7 Å². The Morgan fingerprint density at radius 2 is 2.10 bits per heavy atom. The summed E-state index contributed by atoms with van der Waals surface area (Å²) in [5.74, 6) is 0. The summed E-state index contributed by atoms with van der Waals surface area (Å²) in [4.78, 5) is 0. The van der Waals surface area contributed by atoms with Crippen molar-refractivity contribution in [2.45, 2.75) is 36.7 Å². The molecule has 0 spiro atoms. The summed E-state index contributed by atoms with van der Waals surface area (Å²) in [5.41, 5.74) is -0.625. The van der Waals surface area contributed by atoms with Gasteiger partial charge >= 0.3 is 6.18 Å². The second kappa shape index (κ2) is 5.96. The van der Waals surface area contributed by atoms with Crippen molar-refractivity contribution in [1.29, 1.82) is 5.26 Å². The van der Waals surface area contributed by atoms with Crippen LogP contribution in [0.3, 0.4) is 0 Å². The fourth-order valence-electron chi connectivity index (χ4n) is 2.56. The Morgan fingerprint density at radius 3 is 2.70 bits per heavy atom. The quantitative estimate of drug-likeness (QED) is 0.905. The second-order valence-corrected chi connectivity index (χ2v) is 5.90. The van der Waals surface area contributed by atoms with Gasteiger partial charge in [0.25, 0.3) is 0 Å². The van der Waals surface area contributed by atoms with Crippen LogP contribution in [0.15, 0.2) is 18.2 Å². The summed E-state index contributed by atoms with van der Waals surface area (Å²) >= 11 is 1.77. The first-order valence-electron chi connectivity index (χ1n) is 6.36. The number of rotatable bonds is 3. The van der Waals surface area contributed by atoms with Crippen LogP contribution >= 0.6 is 11.8 Å². The Morgan fingerprint density at radius 1 is 1.35 bits per heavy atom. The molecule has 0 heterocycles. The lowest BCUT2D eigenvalue weighted by atomic mass is 10.1. The lowest BCUT2D eigenvalue weighted by Crippen LogP contribution is -2.25. The smallest absolute Gasteiger partial charge is 0.381 e. The number of alkyl halides is 3. The number of nitrogens with one attached hydrogen (secondary N) is 1. The molecule has 1 aromatic carbocycles. The van der Waals surface area contributed by atoms with E-state index in [1.807, 2.05) is 6.26 Å². The average Bonchev–Trinajstić information content (AvgIpc) is 2.84. The van der Waals surface area contributed by atoms with Gasteiger partial charge in [0.1, 0.15) is 0 Å². The molecular weight excluding hydrogens is 285 g/mol. The molecule has 2 unspecified atom stereocenters. The van der Waals surface area contributed by atoms with Crippen molar-refractivity contribution in [3.63, 3.8) is 0 Å². The van der Waals surface area contributed by atoms with Crippen LogP contribution in [0, 0.1) is 11.3 Å². The monoisotopic (exact) mass is 300 g/mol. The van der Waals surface area contributed by atoms with Crippen LogP contribution in [-0.4, -0.2) is 17.5 Å². The number of halogens is 3. The van der Waals surface area contributed by atoms with E-state index in [0.717, 1.165) is 25.3 Å². The van der Waals surface area contributed by atoms with Gasteiger partial charge in [0, 0.05) is 17.0 Å². The van der Waals surface area contributed by atoms with Gasteiger partial charge in [-0.15, -0.1) is 0 Å². The van der Waals surface area contributed by atoms with Crippen molar-refractivity contribution in [2.75, 3.05) is 11.6 Å². The van der Waals surface area contributed by atoms with E-state index in [9.17, 15) is 13.2 Å². The third-order valence-corrected chi connectivity index (χ3v) is 4.72. The Kier molecular flexibility index (Phi) is 4.48. The minimum atomic E-state index is -4.49. The molecule has 0 bridgehead atoms. The fraction of sp³-hybridized carbons (Fsp3) is 0.500. The van der Waals surface area contributed by atoms with E-state index >= 15 is 0 Å². The Hall–Kier alpha value is -1.35. The number of anilines is 1. The molecular formula is C14H15F3N2S. The molecule has 0 amide bonds. The Balaban J connectivity index is 2.20. The molecule has 1 N–H and O–H groups in total. The third kappa shape index (κ3) is 3.21. The van der Waals surface area contributed by atoms with E-state index in [1.165, 1.54) is 12.1 Å². The van der Waals surface area contributed by atoms with Gasteiger partial charge < -0.3 is 5.32 Å². The van der Waals surface area contributed by atoms with Gasteiger partial charge in [0.15, 0.2) is 0 Å². The minimum Gasteiger partial charge on any atom is -0.381 e. The Labute approximate surface area is 120 Å². The zero-order valence-electron chi connectivity index (χ0n) is 11.0. The highest BCUT2D eigenvalue weighted by atomic mass is 32.2. The van der Waals surface area contributed by atoms with Crippen LogP contribution in [0.2, 0.25) is 0 Å². The average molecular weight is 300 g/mol. The molecule has 0 radical (unpaired) electrons. The van der Waals surface area contributed by atoms with Crippen molar-refractivity contribution in [2.24, 2.45) is 0 Å². The zero-order chi connectivity index (χ0) is 14.8. The van der Waals surface area contributed by atoms with E-state index in [2.05, 4.69) is 5.32 Å². The molecule has 1 aliphatic rings. The normalized spacial score (nSPS) is 22.6. The van der Waals surface area contributed by atoms with E-state index in [4.69, 9.17) is 5.26 Å². The van der Waals surface area contributed by atoms with Gasteiger partial charge in [-0.2, -0.15) is 30.2 Å².